The summed E-state index contributed by atoms with van der Waals surface area (Å²) in [5.41, 5.74) is 10.1. The van der Waals surface area contributed by atoms with Crippen molar-refractivity contribution in [3.63, 3.8) is 0 Å². The fourth-order valence-corrected chi connectivity index (χ4v) is 5.73. The number of aromatic nitrogens is 4. The highest BCUT2D eigenvalue weighted by atomic mass is 32.2. The van der Waals surface area contributed by atoms with Crippen molar-refractivity contribution in [2.45, 2.75) is 20.0 Å². The molecule has 0 unspecified atom stereocenters. The summed E-state index contributed by atoms with van der Waals surface area (Å²) in [6.45, 7) is 2.85. The average Bonchev–Trinajstić information content (AvgIpc) is 3.56. The third kappa shape index (κ3) is 5.69. The first-order valence-corrected chi connectivity index (χ1v) is 15.4. The zero-order chi connectivity index (χ0) is 29.6. The SMILES string of the molecule is Cc1ccc(-c2cc(F)cc(CNS(C)(=O)=O)c2)c2cc(-c3n[nH]c4ccc(-c5cccc(CN(C)C)c5)nc34)[nH]c12. The first-order chi connectivity index (χ1) is 20.0. The number of hydrogen-bond acceptors (Lipinski definition) is 5. The summed E-state index contributed by atoms with van der Waals surface area (Å²) < 4.78 is 40.3. The minimum absolute atomic E-state index is 0.00228. The van der Waals surface area contributed by atoms with Gasteiger partial charge in [0.1, 0.15) is 17.0 Å². The van der Waals surface area contributed by atoms with Crippen molar-refractivity contribution in [3.8, 4) is 33.8 Å². The molecule has 8 nitrogen and oxygen atoms in total. The summed E-state index contributed by atoms with van der Waals surface area (Å²) in [5, 5.41) is 8.62. The number of nitrogens with one attached hydrogen (secondary N) is 3. The van der Waals surface area contributed by atoms with Crippen molar-refractivity contribution in [1.29, 1.82) is 0 Å². The highest BCUT2D eigenvalue weighted by Crippen LogP contribution is 2.36. The standard InChI is InChI=1S/C32H31FN6O2S/c1-19-8-9-25(23-13-21(14-24(33)15-23)17-34-42(4,40)41)26-16-29(36-30(19)26)32-31-28(37-38-32)11-10-27(35-31)22-7-5-6-20(12-22)18-39(2)3/h5-16,34,36H,17-18H2,1-4H3,(H,37,38). The molecule has 6 rings (SSSR count). The number of rotatable bonds is 8. The lowest BCUT2D eigenvalue weighted by molar-refractivity contribution is 0.402. The number of pyridine rings is 1. The van der Waals surface area contributed by atoms with Gasteiger partial charge in [0.05, 0.1) is 23.2 Å². The molecule has 3 aromatic carbocycles. The number of hydrogen-bond donors (Lipinski definition) is 3. The van der Waals surface area contributed by atoms with Gasteiger partial charge in [-0.1, -0.05) is 30.3 Å². The molecule has 3 heterocycles. The van der Waals surface area contributed by atoms with Gasteiger partial charge in [0, 0.05) is 29.6 Å². The maximum absolute atomic E-state index is 14.7. The van der Waals surface area contributed by atoms with Crippen LogP contribution in [0.5, 0.6) is 0 Å². The van der Waals surface area contributed by atoms with E-state index in [1.807, 2.05) is 57.4 Å². The monoisotopic (exact) mass is 582 g/mol. The van der Waals surface area contributed by atoms with Gasteiger partial charge in [-0.2, -0.15) is 5.10 Å². The van der Waals surface area contributed by atoms with Crippen LogP contribution in [0, 0.1) is 12.7 Å². The zero-order valence-corrected chi connectivity index (χ0v) is 24.6. The van der Waals surface area contributed by atoms with Gasteiger partial charge < -0.3 is 9.88 Å². The molecule has 10 heteroatoms. The molecule has 214 valence electrons. The Morgan fingerprint density at radius 1 is 0.952 bits per heavy atom. The highest BCUT2D eigenvalue weighted by molar-refractivity contribution is 7.88. The minimum atomic E-state index is -3.42. The van der Waals surface area contributed by atoms with Crippen molar-refractivity contribution in [3.05, 3.63) is 95.3 Å². The Morgan fingerprint density at radius 3 is 2.55 bits per heavy atom. The largest absolute Gasteiger partial charge is 0.353 e. The van der Waals surface area contributed by atoms with Gasteiger partial charge in [-0.05, 0) is 91.3 Å². The molecule has 0 atom stereocenters. The Kier molecular flexibility index (Phi) is 7.14. The fraction of sp³-hybridized carbons (Fsp3) is 0.188. The molecular formula is C32H31FN6O2S. The van der Waals surface area contributed by atoms with E-state index in [2.05, 4.69) is 43.0 Å². The maximum Gasteiger partial charge on any atom is 0.209 e. The molecule has 0 amide bonds. The van der Waals surface area contributed by atoms with E-state index in [4.69, 9.17) is 4.98 Å². The topological polar surface area (TPSA) is 107 Å². The second kappa shape index (κ2) is 10.8. The summed E-state index contributed by atoms with van der Waals surface area (Å²) in [5.74, 6) is -0.438. The van der Waals surface area contributed by atoms with E-state index >= 15 is 0 Å². The number of halogens is 1. The molecule has 0 spiro atoms. The number of aryl methyl sites for hydroxylation is 1. The molecule has 0 radical (unpaired) electrons. The zero-order valence-electron chi connectivity index (χ0n) is 23.8. The molecule has 0 saturated carbocycles. The molecule has 6 aromatic rings. The molecule has 3 N–H and O–H groups in total. The van der Waals surface area contributed by atoms with Crippen LogP contribution >= 0.6 is 0 Å². The van der Waals surface area contributed by atoms with Crippen LogP contribution in [-0.4, -0.2) is 53.8 Å². The van der Waals surface area contributed by atoms with Crippen molar-refractivity contribution in [2.75, 3.05) is 20.4 Å². The first-order valence-electron chi connectivity index (χ1n) is 13.5. The minimum Gasteiger partial charge on any atom is -0.353 e. The van der Waals surface area contributed by atoms with Crippen molar-refractivity contribution in [1.82, 2.24) is 29.8 Å². The van der Waals surface area contributed by atoms with Crippen LogP contribution in [-0.2, 0) is 23.1 Å². The second-order valence-electron chi connectivity index (χ2n) is 10.9. The number of H-pyrrole nitrogens is 2. The molecule has 0 aliphatic rings. The van der Waals surface area contributed by atoms with Crippen LogP contribution in [0.25, 0.3) is 55.7 Å². The summed E-state index contributed by atoms with van der Waals surface area (Å²) in [7, 11) is 0.679. The predicted octanol–water partition coefficient (Wildman–Crippen LogP) is 6.00. The second-order valence-corrected chi connectivity index (χ2v) is 12.8. The quantitative estimate of drug-likeness (QED) is 0.204. The molecule has 0 fully saturated rings. The van der Waals surface area contributed by atoms with E-state index in [-0.39, 0.29) is 6.54 Å². The van der Waals surface area contributed by atoms with Crippen LogP contribution in [0.4, 0.5) is 4.39 Å². The van der Waals surface area contributed by atoms with Gasteiger partial charge in [0.15, 0.2) is 0 Å². The molecule has 42 heavy (non-hydrogen) atoms. The Hall–Kier alpha value is -4.38. The average molecular weight is 583 g/mol. The number of sulfonamides is 1. The van der Waals surface area contributed by atoms with E-state index in [0.717, 1.165) is 62.8 Å². The molecule has 0 aliphatic heterocycles. The van der Waals surface area contributed by atoms with Crippen molar-refractivity contribution < 1.29 is 12.8 Å². The summed E-state index contributed by atoms with van der Waals surface area (Å²) in [6, 6.07) is 22.9. The molecule has 0 aliphatic carbocycles. The Bertz CT molecular complexity index is 2060. The summed E-state index contributed by atoms with van der Waals surface area (Å²) >= 11 is 0. The third-order valence-electron chi connectivity index (χ3n) is 7.19. The van der Waals surface area contributed by atoms with Crippen LogP contribution < -0.4 is 4.72 Å². The third-order valence-corrected chi connectivity index (χ3v) is 7.86. The van der Waals surface area contributed by atoms with Crippen LogP contribution in [0.15, 0.2) is 72.8 Å². The van der Waals surface area contributed by atoms with Crippen LogP contribution in [0.2, 0.25) is 0 Å². The van der Waals surface area contributed by atoms with E-state index < -0.39 is 15.8 Å². The van der Waals surface area contributed by atoms with Crippen LogP contribution in [0.1, 0.15) is 16.7 Å². The predicted molar refractivity (Wildman–Crippen MR) is 166 cm³/mol. The molecule has 3 aromatic heterocycles. The number of nitrogens with zero attached hydrogens (tertiary/aromatic N) is 3. The highest BCUT2D eigenvalue weighted by Gasteiger charge is 2.17. The lowest BCUT2D eigenvalue weighted by atomic mass is 9.97. The van der Waals surface area contributed by atoms with E-state index in [9.17, 15) is 12.8 Å². The Balaban J connectivity index is 1.43. The normalized spacial score (nSPS) is 12.1. The fourth-order valence-electron chi connectivity index (χ4n) is 5.30. The lowest BCUT2D eigenvalue weighted by Crippen LogP contribution is -2.21. The molecule has 0 saturated heterocycles. The molecular weight excluding hydrogens is 551 g/mol. The van der Waals surface area contributed by atoms with E-state index in [1.54, 1.807) is 6.07 Å². The summed E-state index contributed by atoms with van der Waals surface area (Å²) in [4.78, 5) is 10.7. The Morgan fingerprint density at radius 2 is 1.76 bits per heavy atom. The van der Waals surface area contributed by atoms with Gasteiger partial charge in [0.25, 0.3) is 0 Å². The van der Waals surface area contributed by atoms with E-state index in [1.165, 1.54) is 17.7 Å². The van der Waals surface area contributed by atoms with Gasteiger partial charge in [-0.25, -0.2) is 22.5 Å². The maximum atomic E-state index is 14.7. The van der Waals surface area contributed by atoms with Crippen molar-refractivity contribution >= 4 is 32.0 Å². The van der Waals surface area contributed by atoms with Gasteiger partial charge in [-0.3, -0.25) is 5.10 Å². The van der Waals surface area contributed by atoms with Gasteiger partial charge in [-0.15, -0.1) is 0 Å². The number of benzene rings is 3. The van der Waals surface area contributed by atoms with Crippen LogP contribution in [0.3, 0.4) is 0 Å². The number of fused-ring (bicyclic) bond motifs is 2. The van der Waals surface area contributed by atoms with Gasteiger partial charge >= 0.3 is 0 Å². The van der Waals surface area contributed by atoms with Crippen molar-refractivity contribution in [2.24, 2.45) is 0 Å². The number of aromatic amines is 2. The Labute approximate surface area is 243 Å². The molecule has 0 bridgehead atoms. The lowest BCUT2D eigenvalue weighted by Gasteiger charge is -2.10. The summed E-state index contributed by atoms with van der Waals surface area (Å²) in [6.07, 6.45) is 1.08. The van der Waals surface area contributed by atoms with Gasteiger partial charge in [0.2, 0.25) is 10.0 Å². The first kappa shape index (κ1) is 27.8. The smallest absolute Gasteiger partial charge is 0.209 e. The van der Waals surface area contributed by atoms with E-state index in [0.29, 0.717) is 16.8 Å².